The summed E-state index contributed by atoms with van der Waals surface area (Å²) in [4.78, 5) is 0. The molecule has 17 heavy (non-hydrogen) atoms. The zero-order valence-corrected chi connectivity index (χ0v) is 12.5. The molecule has 0 aromatic rings. The molecule has 0 aromatic heterocycles. The maximum absolute atomic E-state index is 5.92. The van der Waals surface area contributed by atoms with Crippen molar-refractivity contribution in [2.24, 2.45) is 0 Å². The van der Waals surface area contributed by atoms with Crippen LogP contribution in [0.4, 0.5) is 0 Å². The smallest absolute Gasteiger partial charge is 0.212 e. The fourth-order valence-electron chi connectivity index (χ4n) is 2.50. The van der Waals surface area contributed by atoms with Crippen LogP contribution in [-0.4, -0.2) is 40.3 Å². The normalized spacial score (nSPS) is 51.0. The molecule has 1 unspecified atom stereocenters. The van der Waals surface area contributed by atoms with Crippen LogP contribution in [0.15, 0.2) is 0 Å². The van der Waals surface area contributed by atoms with E-state index in [0.717, 1.165) is 0 Å². The van der Waals surface area contributed by atoms with Crippen LogP contribution in [0.5, 0.6) is 0 Å². The molecular weight excluding hydrogens is 339 g/mol. The maximum atomic E-state index is 5.92. The summed E-state index contributed by atoms with van der Waals surface area (Å²) >= 11 is 2.30. The van der Waals surface area contributed by atoms with Gasteiger partial charge >= 0.3 is 0 Å². The topological polar surface area (TPSA) is 46.2 Å². The number of hydrogen-bond donors (Lipinski definition) is 0. The Morgan fingerprint density at radius 3 is 2.24 bits per heavy atom. The fraction of sp³-hybridized carbons (Fsp3) is 1.00. The second-order valence-corrected chi connectivity index (χ2v) is 6.93. The molecule has 3 rings (SSSR count). The first-order chi connectivity index (χ1) is 7.73. The van der Waals surface area contributed by atoms with Crippen LogP contribution < -0.4 is 0 Å². The van der Waals surface area contributed by atoms with Crippen molar-refractivity contribution >= 4 is 22.6 Å². The molecule has 3 fully saturated rings. The lowest BCUT2D eigenvalue weighted by Crippen LogP contribution is -2.44. The lowest BCUT2D eigenvalue weighted by Gasteiger charge is -2.30. The molecule has 98 valence electrons. The van der Waals surface area contributed by atoms with Crippen LogP contribution in [0, 0.1) is 0 Å². The van der Waals surface area contributed by atoms with E-state index in [-0.39, 0.29) is 16.3 Å². The summed E-state index contributed by atoms with van der Waals surface area (Å²) in [5, 5.41) is 0. The summed E-state index contributed by atoms with van der Waals surface area (Å²) in [5.41, 5.74) is 0. The van der Waals surface area contributed by atoms with Crippen molar-refractivity contribution in [2.75, 3.05) is 6.61 Å². The molecule has 0 saturated carbocycles. The van der Waals surface area contributed by atoms with Gasteiger partial charge in [0.1, 0.15) is 12.7 Å². The first-order valence-corrected chi connectivity index (χ1v) is 6.99. The van der Waals surface area contributed by atoms with E-state index in [9.17, 15) is 0 Å². The average Bonchev–Trinajstić information content (AvgIpc) is 2.70. The minimum absolute atomic E-state index is 0.0497. The molecule has 0 bridgehead atoms. The molecule has 5 nitrogen and oxygen atoms in total. The van der Waals surface area contributed by atoms with E-state index < -0.39 is 17.4 Å². The molecule has 3 saturated heterocycles. The van der Waals surface area contributed by atoms with Crippen molar-refractivity contribution in [1.82, 2.24) is 0 Å². The van der Waals surface area contributed by atoms with Gasteiger partial charge in [-0.3, -0.25) is 0 Å². The summed E-state index contributed by atoms with van der Waals surface area (Å²) in [5.74, 6) is -1.94. The van der Waals surface area contributed by atoms with Gasteiger partial charge in [-0.25, -0.2) is 0 Å². The van der Waals surface area contributed by atoms with Gasteiger partial charge in [0.05, 0.1) is 3.92 Å². The Balaban J connectivity index is 1.81. The van der Waals surface area contributed by atoms with Gasteiger partial charge < -0.3 is 23.7 Å². The van der Waals surface area contributed by atoms with Gasteiger partial charge in [0.25, 0.3) is 0 Å². The van der Waals surface area contributed by atoms with Crippen molar-refractivity contribution in [3.05, 3.63) is 0 Å². The van der Waals surface area contributed by atoms with Crippen molar-refractivity contribution in [3.8, 4) is 0 Å². The fourth-order valence-corrected chi connectivity index (χ4v) is 3.44. The Morgan fingerprint density at radius 1 is 1.00 bits per heavy atom. The second kappa shape index (κ2) is 3.55. The van der Waals surface area contributed by atoms with Gasteiger partial charge in [-0.05, 0) is 27.7 Å². The van der Waals surface area contributed by atoms with Crippen LogP contribution in [-0.2, 0) is 23.7 Å². The maximum Gasteiger partial charge on any atom is 0.212 e. The SMILES string of the molecule is CC1(C)OC2[C@@H](O1)O[C@]1(COC(C)(C)O1)[C@H]2I. The quantitative estimate of drug-likeness (QED) is 0.489. The lowest BCUT2D eigenvalue weighted by molar-refractivity contribution is -0.294. The van der Waals surface area contributed by atoms with Crippen LogP contribution in [0.2, 0.25) is 0 Å². The zero-order chi connectivity index (χ0) is 12.5. The number of halogens is 1. The molecule has 0 aromatic carbocycles. The van der Waals surface area contributed by atoms with Gasteiger partial charge in [0.15, 0.2) is 17.9 Å². The summed E-state index contributed by atoms with van der Waals surface area (Å²) in [6, 6.07) is 0. The molecule has 0 N–H and O–H groups in total. The van der Waals surface area contributed by atoms with Crippen molar-refractivity contribution in [2.45, 2.75) is 61.4 Å². The third-order valence-electron chi connectivity index (χ3n) is 3.15. The lowest BCUT2D eigenvalue weighted by atomic mass is 10.1. The number of ether oxygens (including phenoxy) is 5. The largest absolute Gasteiger partial charge is 0.345 e. The van der Waals surface area contributed by atoms with Crippen LogP contribution in [0.25, 0.3) is 0 Å². The molecule has 3 heterocycles. The van der Waals surface area contributed by atoms with E-state index in [2.05, 4.69) is 22.6 Å². The number of alkyl halides is 1. The van der Waals surface area contributed by atoms with E-state index in [1.165, 1.54) is 0 Å². The average molecular weight is 356 g/mol. The Labute approximate surface area is 114 Å². The molecule has 6 heteroatoms. The molecule has 1 spiro atoms. The van der Waals surface area contributed by atoms with E-state index in [4.69, 9.17) is 23.7 Å². The number of rotatable bonds is 0. The second-order valence-electron chi connectivity index (χ2n) is 5.59. The first-order valence-electron chi connectivity index (χ1n) is 5.75. The summed E-state index contributed by atoms with van der Waals surface area (Å²) in [6.07, 6.45) is -0.479. The standard InChI is InChI=1S/C11H17IO5/c1-9(2)13-5-11(17-9)7(12)6-8(16-11)15-10(3,4)14-6/h6-8H,5H2,1-4H3/t6?,7-,8-,11-/m0/s1. The van der Waals surface area contributed by atoms with E-state index in [1.54, 1.807) is 0 Å². The number of hydrogen-bond acceptors (Lipinski definition) is 5. The molecule has 0 amide bonds. The Kier molecular flexibility index (Phi) is 2.62. The first kappa shape index (κ1) is 12.6. The summed E-state index contributed by atoms with van der Waals surface area (Å²) in [6.45, 7) is 7.96. The summed E-state index contributed by atoms with van der Waals surface area (Å²) < 4.78 is 29.0. The minimum Gasteiger partial charge on any atom is -0.345 e. The van der Waals surface area contributed by atoms with Crippen LogP contribution in [0.3, 0.4) is 0 Å². The molecular formula is C11H17IO5. The van der Waals surface area contributed by atoms with Gasteiger partial charge in [0, 0.05) is 0 Å². The highest BCUT2D eigenvalue weighted by Crippen LogP contribution is 2.50. The predicted molar refractivity (Wildman–Crippen MR) is 66.6 cm³/mol. The monoisotopic (exact) mass is 356 g/mol. The number of fused-ring (bicyclic) bond motifs is 1. The third kappa shape index (κ3) is 1.93. The predicted octanol–water partition coefficient (Wildman–Crippen LogP) is 1.78. The molecule has 3 aliphatic rings. The Bertz CT molecular complexity index is 345. The van der Waals surface area contributed by atoms with Crippen molar-refractivity contribution in [1.29, 1.82) is 0 Å². The van der Waals surface area contributed by atoms with Crippen molar-refractivity contribution < 1.29 is 23.7 Å². The highest BCUT2D eigenvalue weighted by molar-refractivity contribution is 14.1. The highest BCUT2D eigenvalue weighted by atomic mass is 127. The van der Waals surface area contributed by atoms with Gasteiger partial charge in [-0.2, -0.15) is 0 Å². The van der Waals surface area contributed by atoms with Crippen LogP contribution in [0.1, 0.15) is 27.7 Å². The summed E-state index contributed by atoms with van der Waals surface area (Å²) in [7, 11) is 0. The minimum atomic E-state index is -0.740. The van der Waals surface area contributed by atoms with Gasteiger partial charge in [-0.1, -0.05) is 22.6 Å². The third-order valence-corrected chi connectivity index (χ3v) is 4.81. The molecule has 4 atom stereocenters. The zero-order valence-electron chi connectivity index (χ0n) is 10.4. The van der Waals surface area contributed by atoms with Gasteiger partial charge in [0.2, 0.25) is 5.79 Å². The van der Waals surface area contributed by atoms with E-state index >= 15 is 0 Å². The van der Waals surface area contributed by atoms with Gasteiger partial charge in [-0.15, -0.1) is 0 Å². The Morgan fingerprint density at radius 2 is 1.71 bits per heavy atom. The molecule has 0 radical (unpaired) electrons. The highest BCUT2D eigenvalue weighted by Gasteiger charge is 2.65. The van der Waals surface area contributed by atoms with E-state index in [0.29, 0.717) is 6.61 Å². The molecule has 3 aliphatic heterocycles. The van der Waals surface area contributed by atoms with Crippen LogP contribution >= 0.6 is 22.6 Å². The Hall–Kier alpha value is 0.530. The molecule has 0 aliphatic carbocycles. The van der Waals surface area contributed by atoms with E-state index in [1.807, 2.05) is 27.7 Å². The van der Waals surface area contributed by atoms with Crippen molar-refractivity contribution in [3.63, 3.8) is 0 Å².